The molecule has 1 saturated heterocycles. The lowest BCUT2D eigenvalue weighted by atomic mass is 10.1. The lowest BCUT2D eigenvalue weighted by Gasteiger charge is -2.24. The number of ether oxygens (including phenoxy) is 1. The van der Waals surface area contributed by atoms with Crippen molar-refractivity contribution in [3.63, 3.8) is 0 Å². The summed E-state index contributed by atoms with van der Waals surface area (Å²) in [6.45, 7) is 1.27. The summed E-state index contributed by atoms with van der Waals surface area (Å²) in [5.41, 5.74) is 0.0855. The van der Waals surface area contributed by atoms with Crippen molar-refractivity contribution in [3.05, 3.63) is 32.5 Å². The van der Waals surface area contributed by atoms with E-state index >= 15 is 0 Å². The van der Waals surface area contributed by atoms with Crippen LogP contribution < -0.4 is 5.32 Å². The molecule has 2 rings (SSSR count). The van der Waals surface area contributed by atoms with Gasteiger partial charge in [0.1, 0.15) is 11.5 Å². The standard InChI is InChI=1S/C11H12BrFN2O3/c12-8-5-10(11(15(16)17)6-9(8)13)14-7-1-3-18-4-2-7/h5-7,14H,1-4H2. The van der Waals surface area contributed by atoms with Crippen LogP contribution in [-0.4, -0.2) is 24.2 Å². The number of benzene rings is 1. The summed E-state index contributed by atoms with van der Waals surface area (Å²) in [6.07, 6.45) is 1.57. The Balaban J connectivity index is 2.24. The normalized spacial score (nSPS) is 16.6. The van der Waals surface area contributed by atoms with Crippen LogP contribution in [0.15, 0.2) is 16.6 Å². The monoisotopic (exact) mass is 318 g/mol. The fraction of sp³-hybridized carbons (Fsp3) is 0.455. The smallest absolute Gasteiger partial charge is 0.295 e. The molecule has 0 radical (unpaired) electrons. The first-order valence-electron chi connectivity index (χ1n) is 5.55. The molecule has 0 saturated carbocycles. The topological polar surface area (TPSA) is 64.4 Å². The molecule has 1 heterocycles. The Labute approximate surface area is 112 Å². The zero-order valence-corrected chi connectivity index (χ0v) is 11.1. The first-order chi connectivity index (χ1) is 8.58. The lowest BCUT2D eigenvalue weighted by molar-refractivity contribution is -0.384. The predicted octanol–water partition coefficient (Wildman–Crippen LogP) is 3.09. The number of nitro benzene ring substituents is 1. The van der Waals surface area contributed by atoms with E-state index in [1.807, 2.05) is 0 Å². The number of anilines is 1. The number of rotatable bonds is 3. The molecular formula is C11H12BrFN2O3. The molecule has 7 heteroatoms. The fourth-order valence-corrected chi connectivity index (χ4v) is 2.21. The van der Waals surface area contributed by atoms with Gasteiger partial charge in [0, 0.05) is 19.3 Å². The van der Waals surface area contributed by atoms with Gasteiger partial charge in [0.15, 0.2) is 0 Å². The van der Waals surface area contributed by atoms with Crippen molar-refractivity contribution in [3.8, 4) is 0 Å². The first-order valence-corrected chi connectivity index (χ1v) is 6.35. The summed E-state index contributed by atoms with van der Waals surface area (Å²) >= 11 is 3.03. The van der Waals surface area contributed by atoms with Gasteiger partial charge in [-0.25, -0.2) is 4.39 Å². The fourth-order valence-electron chi connectivity index (χ4n) is 1.86. The molecule has 5 nitrogen and oxygen atoms in total. The van der Waals surface area contributed by atoms with E-state index in [2.05, 4.69) is 21.2 Å². The Hall–Kier alpha value is -1.21. The number of hydrogen-bond acceptors (Lipinski definition) is 4. The van der Waals surface area contributed by atoms with E-state index in [9.17, 15) is 14.5 Å². The number of nitro groups is 1. The molecule has 0 bridgehead atoms. The van der Waals surface area contributed by atoms with E-state index < -0.39 is 10.7 Å². The summed E-state index contributed by atoms with van der Waals surface area (Å²) in [6, 6.07) is 2.45. The van der Waals surface area contributed by atoms with Crippen LogP contribution in [0.5, 0.6) is 0 Å². The van der Waals surface area contributed by atoms with Gasteiger partial charge in [-0.15, -0.1) is 0 Å². The number of nitrogens with one attached hydrogen (secondary N) is 1. The maximum absolute atomic E-state index is 13.3. The Kier molecular flexibility index (Phi) is 4.13. The second kappa shape index (κ2) is 5.62. The first kappa shape index (κ1) is 13.2. The largest absolute Gasteiger partial charge is 0.381 e. The third-order valence-corrected chi connectivity index (χ3v) is 3.42. The summed E-state index contributed by atoms with van der Waals surface area (Å²) in [4.78, 5) is 10.3. The van der Waals surface area contributed by atoms with E-state index in [1.54, 1.807) is 0 Å². The minimum Gasteiger partial charge on any atom is -0.381 e. The summed E-state index contributed by atoms with van der Waals surface area (Å²) in [7, 11) is 0. The van der Waals surface area contributed by atoms with E-state index in [0.717, 1.165) is 18.9 Å². The molecule has 0 unspecified atom stereocenters. The van der Waals surface area contributed by atoms with Crippen molar-refractivity contribution in [1.82, 2.24) is 0 Å². The highest BCUT2D eigenvalue weighted by Crippen LogP contribution is 2.31. The highest BCUT2D eigenvalue weighted by Gasteiger charge is 2.21. The predicted molar refractivity (Wildman–Crippen MR) is 68.2 cm³/mol. The number of nitrogens with zero attached hydrogens (tertiary/aromatic N) is 1. The van der Waals surface area contributed by atoms with Crippen molar-refractivity contribution in [2.24, 2.45) is 0 Å². The molecule has 1 aromatic rings. The van der Waals surface area contributed by atoms with Crippen LogP contribution >= 0.6 is 15.9 Å². The Morgan fingerprint density at radius 3 is 2.72 bits per heavy atom. The molecule has 1 aromatic carbocycles. The molecule has 1 aliphatic rings. The van der Waals surface area contributed by atoms with E-state index in [4.69, 9.17) is 4.74 Å². The summed E-state index contributed by atoms with van der Waals surface area (Å²) in [5, 5.41) is 14.0. The molecule has 1 fully saturated rings. The molecule has 1 aliphatic heterocycles. The third kappa shape index (κ3) is 2.97. The van der Waals surface area contributed by atoms with Crippen molar-refractivity contribution >= 4 is 27.3 Å². The second-order valence-electron chi connectivity index (χ2n) is 4.07. The molecule has 98 valence electrons. The van der Waals surface area contributed by atoms with Gasteiger partial charge in [-0.2, -0.15) is 0 Å². The Morgan fingerprint density at radius 1 is 1.44 bits per heavy atom. The van der Waals surface area contributed by atoms with Crippen molar-refractivity contribution < 1.29 is 14.1 Å². The van der Waals surface area contributed by atoms with Crippen LogP contribution in [0.25, 0.3) is 0 Å². The van der Waals surface area contributed by atoms with Crippen LogP contribution in [0, 0.1) is 15.9 Å². The van der Waals surface area contributed by atoms with Gasteiger partial charge in [-0.3, -0.25) is 10.1 Å². The lowest BCUT2D eigenvalue weighted by Crippen LogP contribution is -2.28. The Morgan fingerprint density at radius 2 is 2.11 bits per heavy atom. The van der Waals surface area contributed by atoms with Gasteiger partial charge < -0.3 is 10.1 Å². The summed E-state index contributed by atoms with van der Waals surface area (Å²) in [5.74, 6) is -0.640. The molecular weight excluding hydrogens is 307 g/mol. The molecule has 0 aliphatic carbocycles. The highest BCUT2D eigenvalue weighted by atomic mass is 79.9. The van der Waals surface area contributed by atoms with Crippen LogP contribution in [0.4, 0.5) is 15.8 Å². The highest BCUT2D eigenvalue weighted by molar-refractivity contribution is 9.10. The van der Waals surface area contributed by atoms with Crippen LogP contribution in [-0.2, 0) is 4.74 Å². The van der Waals surface area contributed by atoms with Gasteiger partial charge >= 0.3 is 0 Å². The molecule has 1 N–H and O–H groups in total. The van der Waals surface area contributed by atoms with Gasteiger partial charge in [0.05, 0.1) is 15.5 Å². The van der Waals surface area contributed by atoms with Crippen molar-refractivity contribution in [1.29, 1.82) is 0 Å². The minimum absolute atomic E-state index is 0.120. The quantitative estimate of drug-likeness (QED) is 0.687. The molecule has 0 atom stereocenters. The van der Waals surface area contributed by atoms with Crippen LogP contribution in [0.1, 0.15) is 12.8 Å². The van der Waals surface area contributed by atoms with Gasteiger partial charge in [0.25, 0.3) is 5.69 Å². The Bertz CT molecular complexity index is 464. The van der Waals surface area contributed by atoms with Crippen LogP contribution in [0.3, 0.4) is 0 Å². The second-order valence-corrected chi connectivity index (χ2v) is 4.93. The number of halogens is 2. The summed E-state index contributed by atoms with van der Waals surface area (Å²) < 4.78 is 18.7. The zero-order valence-electron chi connectivity index (χ0n) is 9.49. The molecule has 0 amide bonds. The third-order valence-electron chi connectivity index (χ3n) is 2.82. The molecule has 0 spiro atoms. The van der Waals surface area contributed by atoms with Gasteiger partial charge in [-0.1, -0.05) is 0 Å². The molecule has 0 aromatic heterocycles. The average Bonchev–Trinajstić information content (AvgIpc) is 2.34. The maximum atomic E-state index is 13.3. The van der Waals surface area contributed by atoms with E-state index in [1.165, 1.54) is 6.07 Å². The van der Waals surface area contributed by atoms with Crippen molar-refractivity contribution in [2.75, 3.05) is 18.5 Å². The number of hydrogen-bond donors (Lipinski definition) is 1. The van der Waals surface area contributed by atoms with Gasteiger partial charge in [-0.05, 0) is 34.8 Å². The average molecular weight is 319 g/mol. The van der Waals surface area contributed by atoms with E-state index in [-0.39, 0.29) is 16.2 Å². The van der Waals surface area contributed by atoms with Gasteiger partial charge in [0.2, 0.25) is 0 Å². The van der Waals surface area contributed by atoms with Crippen LogP contribution in [0.2, 0.25) is 0 Å². The SMILES string of the molecule is O=[N+]([O-])c1cc(F)c(Br)cc1NC1CCOCC1. The molecule has 18 heavy (non-hydrogen) atoms. The zero-order chi connectivity index (χ0) is 13.1. The van der Waals surface area contributed by atoms with E-state index in [0.29, 0.717) is 18.9 Å². The van der Waals surface area contributed by atoms with Crippen molar-refractivity contribution in [2.45, 2.75) is 18.9 Å². The minimum atomic E-state index is -0.640. The maximum Gasteiger partial charge on any atom is 0.295 e.